The highest BCUT2D eigenvalue weighted by atomic mass is 79.9. The fourth-order valence-electron chi connectivity index (χ4n) is 2.88. The smallest absolute Gasteiger partial charge is 0.123 e. The van der Waals surface area contributed by atoms with Crippen molar-refractivity contribution in [2.75, 3.05) is 13.2 Å². The van der Waals surface area contributed by atoms with Crippen LogP contribution in [-0.4, -0.2) is 25.4 Å². The van der Waals surface area contributed by atoms with E-state index in [4.69, 9.17) is 14.2 Å². The molecule has 2 aromatic rings. The molecule has 4 heteroatoms. The largest absolute Gasteiger partial charge is 0.497 e. The summed E-state index contributed by atoms with van der Waals surface area (Å²) in [5, 5.41) is 0. The van der Waals surface area contributed by atoms with Crippen molar-refractivity contribution < 1.29 is 14.2 Å². The maximum Gasteiger partial charge on any atom is 0.123 e. The van der Waals surface area contributed by atoms with Gasteiger partial charge >= 0.3 is 0 Å². The zero-order chi connectivity index (χ0) is 20.9. The summed E-state index contributed by atoms with van der Waals surface area (Å²) in [6, 6.07) is 20.1. The predicted octanol–water partition coefficient (Wildman–Crippen LogP) is 5.45. The van der Waals surface area contributed by atoms with E-state index in [9.17, 15) is 0 Å². The molecule has 0 saturated carbocycles. The van der Waals surface area contributed by atoms with Gasteiger partial charge in [-0.2, -0.15) is 0 Å². The summed E-state index contributed by atoms with van der Waals surface area (Å²) in [6.45, 7) is 1.33. The van der Waals surface area contributed by atoms with Crippen LogP contribution in [0.15, 0.2) is 71.4 Å². The Kier molecular flexibility index (Phi) is 9.57. The second-order valence-corrected chi connectivity index (χ2v) is 7.69. The highest BCUT2D eigenvalue weighted by molar-refractivity contribution is 9.11. The summed E-state index contributed by atoms with van der Waals surface area (Å²) in [6.07, 6.45) is 3.88. The number of hydrogen-bond donors (Lipinski definition) is 0. The average molecular weight is 465 g/mol. The fraction of sp³-hybridized carbons (Fsp3) is 0.308. The van der Waals surface area contributed by atoms with Crippen molar-refractivity contribution >= 4 is 15.9 Å². The summed E-state index contributed by atoms with van der Waals surface area (Å²) in [5.74, 6) is 12.6. The van der Waals surface area contributed by atoms with E-state index in [1.165, 1.54) is 0 Å². The Labute approximate surface area is 187 Å². The highest BCUT2D eigenvalue weighted by Crippen LogP contribution is 2.25. The number of rotatable bonds is 7. The normalized spacial score (nSPS) is 17.6. The van der Waals surface area contributed by atoms with Crippen molar-refractivity contribution in [3.8, 4) is 23.7 Å². The monoisotopic (exact) mass is 464 g/mol. The van der Waals surface area contributed by atoms with Crippen LogP contribution in [0.1, 0.15) is 30.4 Å². The van der Waals surface area contributed by atoms with Gasteiger partial charge in [-0.3, -0.25) is 0 Å². The minimum atomic E-state index is -0.214. The molecule has 0 aromatic heterocycles. The maximum atomic E-state index is 6.03. The Morgan fingerprint density at radius 1 is 0.900 bits per heavy atom. The molecule has 0 amide bonds. The first-order valence-corrected chi connectivity index (χ1v) is 10.9. The molecule has 0 fully saturated rings. The Balaban J connectivity index is 1.37. The van der Waals surface area contributed by atoms with Gasteiger partial charge < -0.3 is 14.2 Å². The summed E-state index contributed by atoms with van der Waals surface area (Å²) in [5.41, 5.74) is 2.17. The summed E-state index contributed by atoms with van der Waals surface area (Å²) >= 11 is 3.52. The lowest BCUT2D eigenvalue weighted by Gasteiger charge is -2.29. The SMILES string of the molecule is BrC1=COC[C@@H](OCc2ccccc2)[C@H]1OCC#CCCCC#Cc1ccccc1. The van der Waals surface area contributed by atoms with Crippen LogP contribution in [0.25, 0.3) is 0 Å². The van der Waals surface area contributed by atoms with E-state index in [0.29, 0.717) is 19.8 Å². The first-order valence-electron chi connectivity index (χ1n) is 10.1. The Hall–Kier alpha value is -2.50. The zero-order valence-corrected chi connectivity index (χ0v) is 18.4. The molecule has 1 aliphatic rings. The summed E-state index contributed by atoms with van der Waals surface area (Å²) in [7, 11) is 0. The van der Waals surface area contributed by atoms with Crippen molar-refractivity contribution in [2.45, 2.75) is 38.1 Å². The molecule has 0 aliphatic carbocycles. The molecule has 0 bridgehead atoms. The van der Waals surface area contributed by atoms with Crippen LogP contribution >= 0.6 is 15.9 Å². The minimum absolute atomic E-state index is 0.181. The molecule has 2 aromatic carbocycles. The van der Waals surface area contributed by atoms with Gasteiger partial charge in [0.15, 0.2) is 0 Å². The van der Waals surface area contributed by atoms with E-state index in [0.717, 1.165) is 34.9 Å². The van der Waals surface area contributed by atoms with E-state index in [1.807, 2.05) is 60.7 Å². The van der Waals surface area contributed by atoms with E-state index in [2.05, 4.69) is 39.6 Å². The third-order valence-electron chi connectivity index (χ3n) is 4.44. The second kappa shape index (κ2) is 12.9. The van der Waals surface area contributed by atoms with Crippen LogP contribution in [0.3, 0.4) is 0 Å². The lowest BCUT2D eigenvalue weighted by Crippen LogP contribution is -2.38. The van der Waals surface area contributed by atoms with E-state index >= 15 is 0 Å². The second-order valence-electron chi connectivity index (χ2n) is 6.78. The van der Waals surface area contributed by atoms with Gasteiger partial charge in [0.05, 0.1) is 17.4 Å². The zero-order valence-electron chi connectivity index (χ0n) is 16.9. The molecule has 2 atom stereocenters. The molecule has 3 rings (SSSR count). The van der Waals surface area contributed by atoms with Gasteiger partial charge in [-0.1, -0.05) is 66.3 Å². The lowest BCUT2D eigenvalue weighted by atomic mass is 10.1. The minimum Gasteiger partial charge on any atom is -0.497 e. The maximum absolute atomic E-state index is 6.03. The molecule has 0 unspecified atom stereocenters. The molecular formula is C26H25BrO3. The Morgan fingerprint density at radius 3 is 2.43 bits per heavy atom. The van der Waals surface area contributed by atoms with Crippen LogP contribution in [-0.2, 0) is 20.8 Å². The van der Waals surface area contributed by atoms with Crippen LogP contribution in [0.4, 0.5) is 0 Å². The van der Waals surface area contributed by atoms with Crippen molar-refractivity contribution in [1.82, 2.24) is 0 Å². The van der Waals surface area contributed by atoms with Crippen molar-refractivity contribution in [3.63, 3.8) is 0 Å². The number of benzene rings is 2. The number of unbranched alkanes of at least 4 members (excludes halogenated alkanes) is 2. The molecular weight excluding hydrogens is 440 g/mol. The molecule has 0 radical (unpaired) electrons. The van der Waals surface area contributed by atoms with Crippen molar-refractivity contribution in [3.05, 3.63) is 82.5 Å². The summed E-state index contributed by atoms with van der Waals surface area (Å²) in [4.78, 5) is 0. The third-order valence-corrected chi connectivity index (χ3v) is 5.08. The van der Waals surface area contributed by atoms with Crippen molar-refractivity contribution in [1.29, 1.82) is 0 Å². The summed E-state index contributed by atoms with van der Waals surface area (Å²) < 4.78 is 18.3. The number of hydrogen-bond acceptors (Lipinski definition) is 3. The molecule has 1 heterocycles. The molecule has 154 valence electrons. The van der Waals surface area contributed by atoms with Crippen LogP contribution in [0.2, 0.25) is 0 Å². The van der Waals surface area contributed by atoms with Crippen LogP contribution in [0, 0.1) is 23.7 Å². The van der Waals surface area contributed by atoms with Gasteiger partial charge in [-0.25, -0.2) is 0 Å². The number of halogens is 1. The van der Waals surface area contributed by atoms with Gasteiger partial charge in [0, 0.05) is 18.4 Å². The topological polar surface area (TPSA) is 27.7 Å². The molecule has 30 heavy (non-hydrogen) atoms. The molecule has 0 spiro atoms. The van der Waals surface area contributed by atoms with Gasteiger partial charge in [-0.05, 0) is 40.0 Å². The van der Waals surface area contributed by atoms with E-state index < -0.39 is 0 Å². The lowest BCUT2D eigenvalue weighted by molar-refractivity contribution is -0.0876. The first-order chi connectivity index (χ1) is 14.8. The molecule has 1 aliphatic heterocycles. The van der Waals surface area contributed by atoms with Gasteiger partial charge in [0.25, 0.3) is 0 Å². The average Bonchev–Trinajstić information content (AvgIpc) is 2.79. The van der Waals surface area contributed by atoms with Gasteiger partial charge in [-0.15, -0.1) is 5.92 Å². The molecule has 0 saturated heterocycles. The quantitative estimate of drug-likeness (QED) is 0.402. The molecule has 0 N–H and O–H groups in total. The van der Waals surface area contributed by atoms with Crippen LogP contribution in [0.5, 0.6) is 0 Å². The van der Waals surface area contributed by atoms with Gasteiger partial charge in [0.1, 0.15) is 25.4 Å². The van der Waals surface area contributed by atoms with Gasteiger partial charge in [0.2, 0.25) is 0 Å². The predicted molar refractivity (Wildman–Crippen MR) is 123 cm³/mol. The van der Waals surface area contributed by atoms with Crippen LogP contribution < -0.4 is 0 Å². The fourth-order valence-corrected chi connectivity index (χ4v) is 3.44. The van der Waals surface area contributed by atoms with E-state index in [1.54, 1.807) is 6.26 Å². The molecule has 3 nitrogen and oxygen atoms in total. The first kappa shape index (κ1) is 22.2. The Morgan fingerprint density at radius 2 is 1.63 bits per heavy atom. The van der Waals surface area contributed by atoms with E-state index in [-0.39, 0.29) is 12.2 Å². The number of ether oxygens (including phenoxy) is 3. The third kappa shape index (κ3) is 7.73. The highest BCUT2D eigenvalue weighted by Gasteiger charge is 2.29. The Bertz CT molecular complexity index is 917. The standard InChI is InChI=1S/C26H25BrO3/c27-24-20-28-21-25(30-19-23-16-10-6-11-17-23)26(24)29-18-12-4-2-1-3-7-13-22-14-8-5-9-15-22/h5-6,8-11,14-17,20,25-26H,1-3,18-19,21H2/t25-,26+/m1/s1. The van der Waals surface area contributed by atoms with Crippen molar-refractivity contribution in [2.24, 2.45) is 0 Å².